The fourth-order valence-electron chi connectivity index (χ4n) is 1.84. The van der Waals surface area contributed by atoms with Crippen molar-refractivity contribution in [2.24, 2.45) is 0 Å². The summed E-state index contributed by atoms with van der Waals surface area (Å²) in [6, 6.07) is -0.478. The molecule has 9 nitrogen and oxygen atoms in total. The number of ether oxygens (including phenoxy) is 1. The molecule has 0 aromatic heterocycles. The van der Waals surface area contributed by atoms with E-state index in [1.54, 1.807) is 21.0 Å². The average Bonchev–Trinajstić information content (AvgIpc) is 2.37. The van der Waals surface area contributed by atoms with Crippen molar-refractivity contribution in [1.82, 2.24) is 20.4 Å². The normalized spacial score (nSPS) is 15.9. The van der Waals surface area contributed by atoms with E-state index in [2.05, 4.69) is 10.6 Å². The number of carboxylic acid groups (broad SMARTS) is 1. The number of carbonyl (C=O) groups excluding carboxylic acids is 2. The van der Waals surface area contributed by atoms with Crippen LogP contribution in [0.3, 0.4) is 0 Å². The largest absolute Gasteiger partial charge is 0.480 e. The van der Waals surface area contributed by atoms with Gasteiger partial charge in [0.05, 0.1) is 13.1 Å². The van der Waals surface area contributed by atoms with Crippen molar-refractivity contribution in [2.45, 2.75) is 12.5 Å². The van der Waals surface area contributed by atoms with E-state index < -0.39 is 11.6 Å². The van der Waals surface area contributed by atoms with Crippen LogP contribution < -0.4 is 10.6 Å². The first-order valence-electron chi connectivity index (χ1n) is 6.57. The van der Waals surface area contributed by atoms with Gasteiger partial charge in [0, 0.05) is 27.2 Å². The Hall–Kier alpha value is -2.03. The molecule has 120 valence electrons. The summed E-state index contributed by atoms with van der Waals surface area (Å²) in [6.45, 7) is 2.73. The number of carbonyl (C=O) groups is 3. The zero-order chi connectivity index (χ0) is 16.0. The monoisotopic (exact) mass is 302 g/mol. The SMILES string of the molecule is CN(C)C(=O)NCCNC(=O)N1CC(C)(OCC(=O)O)C1. The van der Waals surface area contributed by atoms with E-state index in [0.29, 0.717) is 26.2 Å². The highest BCUT2D eigenvalue weighted by atomic mass is 16.5. The smallest absolute Gasteiger partial charge is 0.329 e. The van der Waals surface area contributed by atoms with Gasteiger partial charge >= 0.3 is 18.0 Å². The zero-order valence-corrected chi connectivity index (χ0v) is 12.5. The number of amides is 4. The lowest BCUT2D eigenvalue weighted by Gasteiger charge is -2.46. The first-order chi connectivity index (χ1) is 9.73. The van der Waals surface area contributed by atoms with Gasteiger partial charge in [0.25, 0.3) is 0 Å². The summed E-state index contributed by atoms with van der Waals surface area (Å²) >= 11 is 0. The summed E-state index contributed by atoms with van der Waals surface area (Å²) < 4.78 is 5.21. The number of nitrogens with one attached hydrogen (secondary N) is 2. The van der Waals surface area contributed by atoms with E-state index >= 15 is 0 Å². The maximum atomic E-state index is 11.7. The molecule has 0 radical (unpaired) electrons. The Morgan fingerprint density at radius 2 is 1.81 bits per heavy atom. The number of hydrogen-bond donors (Lipinski definition) is 3. The van der Waals surface area contributed by atoms with Crippen LogP contribution in [0.4, 0.5) is 9.59 Å². The van der Waals surface area contributed by atoms with Gasteiger partial charge in [0.15, 0.2) is 0 Å². The van der Waals surface area contributed by atoms with Crippen molar-refractivity contribution in [3.05, 3.63) is 0 Å². The minimum absolute atomic E-state index is 0.220. The van der Waals surface area contributed by atoms with Crippen molar-refractivity contribution < 1.29 is 24.2 Å². The summed E-state index contributed by atoms with van der Waals surface area (Å²) in [5.74, 6) is -1.03. The second kappa shape index (κ2) is 7.11. The lowest BCUT2D eigenvalue weighted by atomic mass is 9.97. The van der Waals surface area contributed by atoms with Crippen LogP contribution in [0.2, 0.25) is 0 Å². The summed E-state index contributed by atoms with van der Waals surface area (Å²) in [7, 11) is 3.26. The molecule has 0 aromatic rings. The molecule has 0 unspecified atom stereocenters. The third-order valence-corrected chi connectivity index (χ3v) is 2.97. The third-order valence-electron chi connectivity index (χ3n) is 2.97. The van der Waals surface area contributed by atoms with Crippen molar-refractivity contribution in [2.75, 3.05) is 46.9 Å². The first kappa shape index (κ1) is 17.0. The lowest BCUT2D eigenvalue weighted by molar-refractivity contribution is -0.159. The summed E-state index contributed by atoms with van der Waals surface area (Å²) in [4.78, 5) is 36.3. The van der Waals surface area contributed by atoms with E-state index in [1.165, 1.54) is 9.80 Å². The van der Waals surface area contributed by atoms with Crippen LogP contribution in [-0.4, -0.2) is 85.4 Å². The molecule has 3 N–H and O–H groups in total. The van der Waals surface area contributed by atoms with Gasteiger partial charge < -0.3 is 30.3 Å². The number of carboxylic acids is 1. The van der Waals surface area contributed by atoms with Gasteiger partial charge in [-0.25, -0.2) is 14.4 Å². The van der Waals surface area contributed by atoms with Gasteiger partial charge in [0.1, 0.15) is 12.2 Å². The Labute approximate surface area is 123 Å². The Bertz CT molecular complexity index is 406. The number of urea groups is 2. The van der Waals surface area contributed by atoms with Crippen LogP contribution in [0.1, 0.15) is 6.92 Å². The highest BCUT2D eigenvalue weighted by molar-refractivity contribution is 5.76. The fraction of sp³-hybridized carbons (Fsp3) is 0.750. The molecule has 0 aromatic carbocycles. The molecule has 4 amide bonds. The lowest BCUT2D eigenvalue weighted by Crippen LogP contribution is -2.65. The first-order valence-corrected chi connectivity index (χ1v) is 6.57. The molecule has 21 heavy (non-hydrogen) atoms. The molecule has 0 bridgehead atoms. The van der Waals surface area contributed by atoms with Gasteiger partial charge in [-0.1, -0.05) is 0 Å². The molecule has 0 spiro atoms. The minimum Gasteiger partial charge on any atom is -0.480 e. The standard InChI is InChI=1S/C12H22N4O5/c1-12(21-6-9(17)18)7-16(8-12)11(20)14-5-4-13-10(19)15(2)3/h4-8H2,1-3H3,(H,13,19)(H,14,20)(H,17,18). The Morgan fingerprint density at radius 3 is 2.33 bits per heavy atom. The summed E-state index contributed by atoms with van der Waals surface area (Å²) in [5.41, 5.74) is -0.602. The third kappa shape index (κ3) is 5.46. The molecular formula is C12H22N4O5. The van der Waals surface area contributed by atoms with E-state index in [4.69, 9.17) is 9.84 Å². The average molecular weight is 302 g/mol. The van der Waals surface area contributed by atoms with E-state index in [0.717, 1.165) is 0 Å². The van der Waals surface area contributed by atoms with Crippen LogP contribution in [0.5, 0.6) is 0 Å². The predicted octanol–water partition coefficient (Wildman–Crippen LogP) is -0.857. The van der Waals surface area contributed by atoms with E-state index in [-0.39, 0.29) is 18.7 Å². The number of likely N-dealkylation sites (tertiary alicyclic amines) is 1. The quantitative estimate of drug-likeness (QED) is 0.553. The Balaban J connectivity index is 2.15. The summed E-state index contributed by atoms with van der Waals surface area (Å²) in [5, 5.41) is 13.8. The molecule has 1 fully saturated rings. The molecular weight excluding hydrogens is 280 g/mol. The minimum atomic E-state index is -1.03. The number of rotatable bonds is 6. The molecule has 9 heteroatoms. The maximum Gasteiger partial charge on any atom is 0.329 e. The number of nitrogens with zero attached hydrogens (tertiary/aromatic N) is 2. The van der Waals surface area contributed by atoms with Crippen molar-refractivity contribution in [3.8, 4) is 0 Å². The number of aliphatic carboxylic acids is 1. The zero-order valence-electron chi connectivity index (χ0n) is 12.5. The van der Waals surface area contributed by atoms with E-state index in [9.17, 15) is 14.4 Å². The second-order valence-electron chi connectivity index (χ2n) is 5.35. The molecule has 1 aliphatic heterocycles. The molecule has 1 heterocycles. The highest BCUT2D eigenvalue weighted by Crippen LogP contribution is 2.24. The predicted molar refractivity (Wildman–Crippen MR) is 74.1 cm³/mol. The molecule has 0 saturated carbocycles. The Kier molecular flexibility index (Phi) is 5.77. The topological polar surface area (TPSA) is 111 Å². The Morgan fingerprint density at radius 1 is 1.24 bits per heavy atom. The molecule has 1 rings (SSSR count). The molecule has 0 atom stereocenters. The van der Waals surface area contributed by atoms with Crippen LogP contribution in [0, 0.1) is 0 Å². The maximum absolute atomic E-state index is 11.7. The van der Waals surface area contributed by atoms with Gasteiger partial charge in [-0.05, 0) is 6.92 Å². The molecule has 1 saturated heterocycles. The van der Waals surface area contributed by atoms with Crippen LogP contribution in [0.15, 0.2) is 0 Å². The van der Waals surface area contributed by atoms with Gasteiger partial charge in [-0.15, -0.1) is 0 Å². The molecule has 1 aliphatic rings. The summed E-state index contributed by atoms with van der Waals surface area (Å²) in [6.07, 6.45) is 0. The van der Waals surface area contributed by atoms with Gasteiger partial charge in [0.2, 0.25) is 0 Å². The van der Waals surface area contributed by atoms with Crippen LogP contribution in [-0.2, 0) is 9.53 Å². The van der Waals surface area contributed by atoms with Crippen molar-refractivity contribution in [1.29, 1.82) is 0 Å². The van der Waals surface area contributed by atoms with Gasteiger partial charge in [-0.3, -0.25) is 0 Å². The number of hydrogen-bond acceptors (Lipinski definition) is 4. The molecule has 0 aliphatic carbocycles. The second-order valence-corrected chi connectivity index (χ2v) is 5.35. The highest BCUT2D eigenvalue weighted by Gasteiger charge is 2.42. The van der Waals surface area contributed by atoms with Gasteiger partial charge in [-0.2, -0.15) is 0 Å². The fourth-order valence-corrected chi connectivity index (χ4v) is 1.84. The van der Waals surface area contributed by atoms with Crippen molar-refractivity contribution >= 4 is 18.0 Å². The van der Waals surface area contributed by atoms with Crippen molar-refractivity contribution in [3.63, 3.8) is 0 Å². The van der Waals surface area contributed by atoms with E-state index in [1.807, 2.05) is 0 Å². The van der Waals surface area contributed by atoms with Crippen LogP contribution in [0.25, 0.3) is 0 Å². The van der Waals surface area contributed by atoms with Crippen LogP contribution >= 0.6 is 0 Å².